The van der Waals surface area contributed by atoms with Gasteiger partial charge < -0.3 is 19.7 Å². The number of likely N-dealkylation sites (tertiary alicyclic amines) is 1. The van der Waals surface area contributed by atoms with E-state index in [0.717, 1.165) is 32.4 Å². The minimum absolute atomic E-state index is 0.219. The van der Waals surface area contributed by atoms with E-state index < -0.39 is 5.60 Å². The van der Waals surface area contributed by atoms with Gasteiger partial charge in [0.15, 0.2) is 0 Å². The number of aromatic nitrogens is 1. The van der Waals surface area contributed by atoms with E-state index in [4.69, 9.17) is 9.47 Å². The first-order valence-corrected chi connectivity index (χ1v) is 9.93. The molecule has 2 heterocycles. The lowest BCUT2D eigenvalue weighted by Crippen LogP contribution is -2.43. The van der Waals surface area contributed by atoms with E-state index >= 15 is 0 Å². The fourth-order valence-electron chi connectivity index (χ4n) is 2.63. The van der Waals surface area contributed by atoms with E-state index in [-0.39, 0.29) is 12.2 Å². The van der Waals surface area contributed by atoms with Crippen LogP contribution in [0.2, 0.25) is 0 Å². The molecule has 1 amide bonds. The molecule has 25 heavy (non-hydrogen) atoms. The normalized spacial score (nSPS) is 16.2. The minimum Gasteiger partial charge on any atom is -0.444 e. The highest BCUT2D eigenvalue weighted by Crippen LogP contribution is 2.17. The molecule has 2 rings (SSSR count). The Hall–Kier alpha value is -1.18. The molecule has 1 aliphatic heterocycles. The molecule has 1 N–H and O–H groups in total. The molecule has 6 nitrogen and oxygen atoms in total. The number of carbonyl (C=O) groups excluding carboxylic acids is 1. The zero-order chi connectivity index (χ0) is 18.3. The van der Waals surface area contributed by atoms with E-state index in [1.807, 2.05) is 27.0 Å². The van der Waals surface area contributed by atoms with Crippen molar-refractivity contribution in [3.05, 3.63) is 16.1 Å². The zero-order valence-electron chi connectivity index (χ0n) is 15.8. The molecule has 0 aromatic carbocycles. The molecule has 1 fully saturated rings. The van der Waals surface area contributed by atoms with Crippen LogP contribution in [-0.4, -0.2) is 53.9 Å². The standard InChI is InChI=1S/C18H31N3O3S/c1-5-16-20-13-15(25-16)12-19-8-11-23-14-6-9-21(10-7-14)17(22)24-18(2,3)4/h13-14,19H,5-12H2,1-4H3. The maximum absolute atomic E-state index is 12.0. The van der Waals surface area contributed by atoms with Gasteiger partial charge in [0.25, 0.3) is 0 Å². The van der Waals surface area contributed by atoms with Gasteiger partial charge in [0, 0.05) is 37.3 Å². The Bertz CT molecular complexity index is 534. The second kappa shape index (κ2) is 9.50. The summed E-state index contributed by atoms with van der Waals surface area (Å²) in [4.78, 5) is 19.4. The Kier molecular flexibility index (Phi) is 7.65. The zero-order valence-corrected chi connectivity index (χ0v) is 16.7. The van der Waals surface area contributed by atoms with E-state index in [2.05, 4.69) is 17.2 Å². The minimum atomic E-state index is -0.438. The maximum atomic E-state index is 12.0. The largest absolute Gasteiger partial charge is 0.444 e. The Morgan fingerprint density at radius 1 is 1.40 bits per heavy atom. The van der Waals surface area contributed by atoms with Gasteiger partial charge in [0.2, 0.25) is 0 Å². The van der Waals surface area contributed by atoms with Crippen molar-refractivity contribution in [1.82, 2.24) is 15.2 Å². The molecule has 1 aromatic rings. The number of aryl methyl sites for hydroxylation is 1. The molecule has 0 saturated carbocycles. The van der Waals surface area contributed by atoms with Crippen molar-refractivity contribution in [3.63, 3.8) is 0 Å². The third-order valence-electron chi connectivity index (χ3n) is 3.93. The molecule has 0 atom stereocenters. The van der Waals surface area contributed by atoms with Crippen LogP contribution in [0.3, 0.4) is 0 Å². The van der Waals surface area contributed by atoms with Crippen LogP contribution in [-0.2, 0) is 22.4 Å². The Morgan fingerprint density at radius 3 is 2.72 bits per heavy atom. The predicted molar refractivity (Wildman–Crippen MR) is 100.0 cm³/mol. The van der Waals surface area contributed by atoms with Crippen molar-refractivity contribution in [2.45, 2.75) is 65.2 Å². The predicted octanol–water partition coefficient (Wildman–Crippen LogP) is 3.21. The van der Waals surface area contributed by atoms with Gasteiger partial charge in [0.05, 0.1) is 17.7 Å². The number of carbonyl (C=O) groups is 1. The highest BCUT2D eigenvalue weighted by atomic mass is 32.1. The van der Waals surface area contributed by atoms with Crippen LogP contribution < -0.4 is 5.32 Å². The second-order valence-corrected chi connectivity index (χ2v) is 8.49. The Labute approximate surface area is 154 Å². The summed E-state index contributed by atoms with van der Waals surface area (Å²) in [6.07, 6.45) is 4.70. The molecule has 0 bridgehead atoms. The lowest BCUT2D eigenvalue weighted by atomic mass is 10.1. The van der Waals surface area contributed by atoms with Crippen molar-refractivity contribution in [2.24, 2.45) is 0 Å². The first-order valence-electron chi connectivity index (χ1n) is 9.11. The molecule has 142 valence electrons. The summed E-state index contributed by atoms with van der Waals surface area (Å²) in [5.41, 5.74) is -0.438. The van der Waals surface area contributed by atoms with E-state index in [1.54, 1.807) is 16.2 Å². The van der Waals surface area contributed by atoms with Gasteiger partial charge in [-0.3, -0.25) is 0 Å². The van der Waals surface area contributed by atoms with Crippen LogP contribution in [0.5, 0.6) is 0 Å². The number of ether oxygens (including phenoxy) is 2. The summed E-state index contributed by atoms with van der Waals surface area (Å²) >= 11 is 1.76. The molecule has 0 aliphatic carbocycles. The van der Waals surface area contributed by atoms with Gasteiger partial charge in [-0.25, -0.2) is 9.78 Å². The molecule has 0 spiro atoms. The molecular weight excluding hydrogens is 338 g/mol. The molecule has 0 unspecified atom stereocenters. The Balaban J connectivity index is 1.55. The van der Waals surface area contributed by atoms with Gasteiger partial charge in [-0.15, -0.1) is 11.3 Å². The molecule has 1 saturated heterocycles. The van der Waals surface area contributed by atoms with Crippen molar-refractivity contribution in [2.75, 3.05) is 26.2 Å². The topological polar surface area (TPSA) is 63.7 Å². The summed E-state index contributed by atoms with van der Waals surface area (Å²) in [7, 11) is 0. The summed E-state index contributed by atoms with van der Waals surface area (Å²) in [5, 5.41) is 4.58. The van der Waals surface area contributed by atoms with Gasteiger partial charge in [-0.05, 0) is 40.0 Å². The highest BCUT2D eigenvalue weighted by Gasteiger charge is 2.26. The number of nitrogens with one attached hydrogen (secondary N) is 1. The average molecular weight is 370 g/mol. The van der Waals surface area contributed by atoms with Crippen molar-refractivity contribution in [3.8, 4) is 0 Å². The summed E-state index contributed by atoms with van der Waals surface area (Å²) in [5.74, 6) is 0. The number of rotatable bonds is 7. The molecule has 1 aromatic heterocycles. The van der Waals surface area contributed by atoms with Gasteiger partial charge in [-0.1, -0.05) is 6.92 Å². The molecule has 0 radical (unpaired) electrons. The third-order valence-corrected chi connectivity index (χ3v) is 5.07. The van der Waals surface area contributed by atoms with Gasteiger partial charge in [-0.2, -0.15) is 0 Å². The number of hydrogen-bond donors (Lipinski definition) is 1. The van der Waals surface area contributed by atoms with Crippen LogP contribution in [0.15, 0.2) is 6.20 Å². The van der Waals surface area contributed by atoms with Gasteiger partial charge in [0.1, 0.15) is 5.60 Å². The highest BCUT2D eigenvalue weighted by molar-refractivity contribution is 7.11. The number of amides is 1. The number of nitrogens with zero attached hydrogens (tertiary/aromatic N) is 2. The van der Waals surface area contributed by atoms with Crippen LogP contribution in [0.4, 0.5) is 4.79 Å². The summed E-state index contributed by atoms with van der Waals surface area (Å²) < 4.78 is 11.3. The molecular formula is C18H31N3O3S. The van der Waals surface area contributed by atoms with Crippen molar-refractivity contribution >= 4 is 17.4 Å². The van der Waals surface area contributed by atoms with Crippen LogP contribution in [0.25, 0.3) is 0 Å². The van der Waals surface area contributed by atoms with Crippen molar-refractivity contribution in [1.29, 1.82) is 0 Å². The van der Waals surface area contributed by atoms with E-state index in [1.165, 1.54) is 9.88 Å². The fraction of sp³-hybridized carbons (Fsp3) is 0.778. The van der Waals surface area contributed by atoms with Crippen molar-refractivity contribution < 1.29 is 14.3 Å². The lowest BCUT2D eigenvalue weighted by molar-refractivity contribution is -0.0104. The Morgan fingerprint density at radius 2 is 2.12 bits per heavy atom. The smallest absolute Gasteiger partial charge is 0.410 e. The first-order chi connectivity index (χ1) is 11.9. The maximum Gasteiger partial charge on any atom is 0.410 e. The second-order valence-electron chi connectivity index (χ2n) is 7.29. The SMILES string of the molecule is CCc1ncc(CNCCOC2CCN(C(=O)OC(C)(C)C)CC2)s1. The number of hydrogen-bond acceptors (Lipinski definition) is 6. The fourth-order valence-corrected chi connectivity index (χ4v) is 3.47. The lowest BCUT2D eigenvalue weighted by Gasteiger charge is -2.33. The quantitative estimate of drug-likeness (QED) is 0.748. The molecule has 7 heteroatoms. The van der Waals surface area contributed by atoms with Crippen LogP contribution in [0, 0.1) is 0 Å². The van der Waals surface area contributed by atoms with E-state index in [9.17, 15) is 4.79 Å². The van der Waals surface area contributed by atoms with Crippen LogP contribution >= 0.6 is 11.3 Å². The molecule has 1 aliphatic rings. The average Bonchev–Trinajstić information content (AvgIpc) is 3.01. The first kappa shape index (κ1) is 20.1. The summed E-state index contributed by atoms with van der Waals surface area (Å²) in [6.45, 7) is 11.6. The number of thiazole rings is 1. The van der Waals surface area contributed by atoms with Crippen LogP contribution in [0.1, 0.15) is 50.4 Å². The number of piperidine rings is 1. The third kappa shape index (κ3) is 7.30. The van der Waals surface area contributed by atoms with Gasteiger partial charge >= 0.3 is 6.09 Å². The summed E-state index contributed by atoms with van der Waals surface area (Å²) in [6, 6.07) is 0. The van der Waals surface area contributed by atoms with E-state index in [0.29, 0.717) is 19.7 Å². The monoisotopic (exact) mass is 369 g/mol.